The van der Waals surface area contributed by atoms with Crippen LogP contribution in [0.1, 0.15) is 49.4 Å². The molecule has 188 valence electrons. The maximum Gasteiger partial charge on any atom is 0.573 e. The second-order valence-electron chi connectivity index (χ2n) is 8.94. The molecule has 1 saturated heterocycles. The predicted octanol–water partition coefficient (Wildman–Crippen LogP) is 7.08. The van der Waals surface area contributed by atoms with Crippen molar-refractivity contribution in [1.29, 1.82) is 10.5 Å². The summed E-state index contributed by atoms with van der Waals surface area (Å²) in [5.41, 5.74) is 1.48. The van der Waals surface area contributed by atoms with Gasteiger partial charge in [-0.25, -0.2) is 4.79 Å². The number of rotatable bonds is 6. The first kappa shape index (κ1) is 25.6. The van der Waals surface area contributed by atoms with Gasteiger partial charge < -0.3 is 4.74 Å². The molecule has 3 aromatic rings. The quantitative estimate of drug-likeness (QED) is 0.359. The van der Waals surface area contributed by atoms with Crippen molar-refractivity contribution in [2.45, 2.75) is 44.6 Å². The van der Waals surface area contributed by atoms with E-state index in [1.54, 1.807) is 64.4 Å². The van der Waals surface area contributed by atoms with E-state index in [1.807, 2.05) is 19.9 Å². The monoisotopic (exact) mass is 504 g/mol. The first-order valence-corrected chi connectivity index (χ1v) is 11.6. The average Bonchev–Trinajstić information content (AvgIpc) is 3.09. The van der Waals surface area contributed by atoms with E-state index >= 15 is 0 Å². The van der Waals surface area contributed by atoms with Crippen molar-refractivity contribution in [2.24, 2.45) is 0 Å². The van der Waals surface area contributed by atoms with Crippen LogP contribution >= 0.6 is 0 Å². The second-order valence-corrected chi connectivity index (χ2v) is 8.94. The van der Waals surface area contributed by atoms with Crippen LogP contribution in [0.4, 0.5) is 29.3 Å². The summed E-state index contributed by atoms with van der Waals surface area (Å²) >= 11 is 0. The highest BCUT2D eigenvalue weighted by Crippen LogP contribution is 2.50. The summed E-state index contributed by atoms with van der Waals surface area (Å²) in [5, 5.41) is 18.4. The lowest BCUT2D eigenvalue weighted by atomic mass is 9.82. The Hall–Kier alpha value is -4.50. The number of carbonyl (C=O) groups excluding carboxylic acids is 1. The van der Waals surface area contributed by atoms with Crippen LogP contribution in [-0.4, -0.2) is 17.9 Å². The highest BCUT2D eigenvalue weighted by molar-refractivity contribution is 6.08. The van der Waals surface area contributed by atoms with E-state index in [-0.39, 0.29) is 11.8 Å². The largest absolute Gasteiger partial charge is 0.573 e. The molecule has 0 aromatic heterocycles. The third kappa shape index (κ3) is 4.94. The number of hydrogen-bond donors (Lipinski definition) is 0. The summed E-state index contributed by atoms with van der Waals surface area (Å²) in [6, 6.07) is 21.8. The van der Waals surface area contributed by atoms with E-state index in [1.165, 1.54) is 18.2 Å². The fourth-order valence-electron chi connectivity index (χ4n) is 5.03. The van der Waals surface area contributed by atoms with Gasteiger partial charge >= 0.3 is 12.4 Å². The second kappa shape index (κ2) is 9.87. The van der Waals surface area contributed by atoms with Gasteiger partial charge in [0.2, 0.25) is 0 Å². The van der Waals surface area contributed by atoms with Gasteiger partial charge in [-0.1, -0.05) is 25.5 Å². The van der Waals surface area contributed by atoms with E-state index < -0.39 is 17.9 Å². The molecule has 0 saturated carbocycles. The van der Waals surface area contributed by atoms with Crippen LogP contribution in [0, 0.1) is 22.7 Å². The van der Waals surface area contributed by atoms with E-state index in [9.17, 15) is 28.5 Å². The van der Waals surface area contributed by atoms with Gasteiger partial charge in [0, 0.05) is 11.4 Å². The first-order valence-electron chi connectivity index (χ1n) is 11.6. The Labute approximate surface area is 212 Å². The molecule has 3 aromatic carbocycles. The molecule has 1 aliphatic rings. The molecule has 4 rings (SSSR count). The molecule has 0 N–H and O–H groups in total. The standard InChI is InChI=1S/C28H23F3N4O2/c1-3-15-27(2)25(21-5-4-6-24(16-21)37-28(29,30)31)34(22-11-7-19(17-32)8-12-22)26(36)35(27)23-13-9-20(18-33)10-14-23/h4-14,16,25H,3,15H2,1-2H3/t25-,27+/m0/s1. The van der Waals surface area contributed by atoms with Gasteiger partial charge in [0.15, 0.2) is 0 Å². The molecule has 1 aliphatic heterocycles. The van der Waals surface area contributed by atoms with Gasteiger partial charge in [0.05, 0.1) is 34.8 Å². The smallest absolute Gasteiger partial charge is 0.406 e. The number of nitrogens with zero attached hydrogens (tertiary/aromatic N) is 4. The number of ether oxygens (including phenoxy) is 1. The zero-order chi connectivity index (χ0) is 26.8. The molecule has 9 heteroatoms. The van der Waals surface area contributed by atoms with Crippen molar-refractivity contribution < 1.29 is 22.7 Å². The number of alkyl halides is 3. The van der Waals surface area contributed by atoms with E-state index in [4.69, 9.17) is 0 Å². The number of anilines is 2. The normalized spacial score (nSPS) is 19.4. The molecule has 1 heterocycles. The number of hydrogen-bond acceptors (Lipinski definition) is 4. The summed E-state index contributed by atoms with van der Waals surface area (Å²) in [6.07, 6.45) is -3.65. The van der Waals surface area contributed by atoms with Gasteiger partial charge in [-0.15, -0.1) is 13.2 Å². The maximum atomic E-state index is 14.1. The van der Waals surface area contributed by atoms with Gasteiger partial charge in [-0.3, -0.25) is 9.80 Å². The Morgan fingerprint density at radius 1 is 0.946 bits per heavy atom. The SMILES string of the molecule is CCC[C@]1(C)[C@H](c2cccc(OC(F)(F)F)c2)N(c2ccc(C#N)cc2)C(=O)N1c1ccc(C#N)cc1. The Kier molecular flexibility index (Phi) is 6.82. The minimum atomic E-state index is -4.86. The topological polar surface area (TPSA) is 80.4 Å². The highest BCUT2D eigenvalue weighted by Gasteiger charge is 2.55. The number of amides is 2. The predicted molar refractivity (Wildman–Crippen MR) is 132 cm³/mol. The van der Waals surface area contributed by atoms with Gasteiger partial charge in [-0.2, -0.15) is 10.5 Å². The van der Waals surface area contributed by atoms with Crippen LogP contribution in [0.5, 0.6) is 5.75 Å². The molecule has 0 unspecified atom stereocenters. The zero-order valence-corrected chi connectivity index (χ0v) is 20.2. The Bertz CT molecular complexity index is 1370. The van der Waals surface area contributed by atoms with Gasteiger partial charge in [0.25, 0.3) is 0 Å². The minimum absolute atomic E-state index is 0.377. The fraction of sp³-hybridized carbons (Fsp3) is 0.250. The van der Waals surface area contributed by atoms with Crippen molar-refractivity contribution in [3.05, 3.63) is 89.5 Å². The lowest BCUT2D eigenvalue weighted by molar-refractivity contribution is -0.274. The first-order chi connectivity index (χ1) is 17.6. The third-order valence-corrected chi connectivity index (χ3v) is 6.45. The lowest BCUT2D eigenvalue weighted by Crippen LogP contribution is -2.46. The average molecular weight is 505 g/mol. The minimum Gasteiger partial charge on any atom is -0.406 e. The van der Waals surface area contributed by atoms with Gasteiger partial charge in [-0.05, 0) is 79.6 Å². The van der Waals surface area contributed by atoms with Crippen LogP contribution in [0.25, 0.3) is 0 Å². The van der Waals surface area contributed by atoms with Crippen LogP contribution in [-0.2, 0) is 0 Å². The Balaban J connectivity index is 1.92. The number of halogens is 3. The molecular formula is C28H23F3N4O2. The number of urea groups is 1. The molecule has 6 nitrogen and oxygen atoms in total. The van der Waals surface area contributed by atoms with E-state index in [0.717, 1.165) is 0 Å². The summed E-state index contributed by atoms with van der Waals surface area (Å²) in [5.74, 6) is -0.382. The van der Waals surface area contributed by atoms with Crippen LogP contribution in [0.15, 0.2) is 72.8 Å². The molecule has 0 radical (unpaired) electrons. The van der Waals surface area contributed by atoms with Crippen molar-refractivity contribution in [1.82, 2.24) is 0 Å². The van der Waals surface area contributed by atoms with Crippen molar-refractivity contribution >= 4 is 17.4 Å². The molecule has 0 spiro atoms. The number of carbonyl (C=O) groups is 1. The Morgan fingerprint density at radius 2 is 1.51 bits per heavy atom. The molecule has 2 amide bonds. The molecule has 1 fully saturated rings. The fourth-order valence-corrected chi connectivity index (χ4v) is 5.03. The van der Waals surface area contributed by atoms with Crippen LogP contribution in [0.2, 0.25) is 0 Å². The summed E-state index contributed by atoms with van der Waals surface area (Å²) < 4.78 is 43.2. The summed E-state index contributed by atoms with van der Waals surface area (Å²) in [4.78, 5) is 17.3. The van der Waals surface area contributed by atoms with Crippen molar-refractivity contribution in [3.63, 3.8) is 0 Å². The van der Waals surface area contributed by atoms with Crippen molar-refractivity contribution in [2.75, 3.05) is 9.80 Å². The lowest BCUT2D eigenvalue weighted by Gasteiger charge is -2.39. The third-order valence-electron chi connectivity index (χ3n) is 6.45. The van der Waals surface area contributed by atoms with E-state index in [0.29, 0.717) is 40.9 Å². The maximum absolute atomic E-state index is 14.1. The van der Waals surface area contributed by atoms with Gasteiger partial charge in [0.1, 0.15) is 5.75 Å². The summed E-state index contributed by atoms with van der Waals surface area (Å²) in [7, 11) is 0. The molecule has 0 aliphatic carbocycles. The number of nitriles is 2. The van der Waals surface area contributed by atoms with Crippen LogP contribution < -0.4 is 14.5 Å². The molecule has 2 atom stereocenters. The summed E-state index contributed by atoms with van der Waals surface area (Å²) in [6.45, 7) is 3.87. The molecule has 0 bridgehead atoms. The van der Waals surface area contributed by atoms with Crippen LogP contribution in [0.3, 0.4) is 0 Å². The van der Waals surface area contributed by atoms with E-state index in [2.05, 4.69) is 10.8 Å². The molecular weight excluding hydrogens is 481 g/mol. The molecule has 37 heavy (non-hydrogen) atoms. The Morgan fingerprint density at radius 3 is 2.03 bits per heavy atom. The highest BCUT2D eigenvalue weighted by atomic mass is 19.4. The zero-order valence-electron chi connectivity index (χ0n) is 20.2. The van der Waals surface area contributed by atoms with Crippen molar-refractivity contribution in [3.8, 4) is 17.9 Å². The number of benzene rings is 3.